The van der Waals surface area contributed by atoms with Crippen LogP contribution in [0.25, 0.3) is 0 Å². The van der Waals surface area contributed by atoms with Gasteiger partial charge in [0.1, 0.15) is 0 Å². The Morgan fingerprint density at radius 1 is 1.33 bits per heavy atom. The summed E-state index contributed by atoms with van der Waals surface area (Å²) in [7, 11) is 0. The molecule has 0 saturated heterocycles. The molecule has 4 nitrogen and oxygen atoms in total. The number of nitrogens with one attached hydrogen (secondary N) is 2. The average molecular weight is 288 g/mol. The van der Waals surface area contributed by atoms with Crippen molar-refractivity contribution in [2.24, 2.45) is 5.92 Å². The van der Waals surface area contributed by atoms with Crippen molar-refractivity contribution in [3.63, 3.8) is 0 Å². The fraction of sp³-hybridized carbons (Fsp3) is 0.529. The van der Waals surface area contributed by atoms with Crippen molar-refractivity contribution in [2.45, 2.75) is 45.4 Å². The first-order chi connectivity index (χ1) is 10.2. The molecule has 0 aromatic heterocycles. The lowest BCUT2D eigenvalue weighted by atomic mass is 9.89. The number of fused-ring (bicyclic) bond motifs is 1. The molecule has 0 fully saturated rings. The van der Waals surface area contributed by atoms with Gasteiger partial charge in [0.05, 0.1) is 0 Å². The topological polar surface area (TPSA) is 58.2 Å². The minimum atomic E-state index is -0.0960. The molecule has 0 aliphatic carbocycles. The Kier molecular flexibility index (Phi) is 5.78. The van der Waals surface area contributed by atoms with E-state index in [1.165, 1.54) is 0 Å². The fourth-order valence-corrected chi connectivity index (χ4v) is 2.64. The van der Waals surface area contributed by atoms with Gasteiger partial charge < -0.3 is 10.6 Å². The van der Waals surface area contributed by atoms with Crippen molar-refractivity contribution in [1.82, 2.24) is 5.32 Å². The molecule has 2 amide bonds. The molecular formula is C17H24N2O2. The van der Waals surface area contributed by atoms with Crippen LogP contribution >= 0.6 is 0 Å². The molecule has 0 unspecified atom stereocenters. The Bertz CT molecular complexity index is 499. The third-order valence-electron chi connectivity index (χ3n) is 3.93. The molecule has 1 aromatic carbocycles. The van der Waals surface area contributed by atoms with Gasteiger partial charge in [-0.05, 0) is 30.9 Å². The summed E-state index contributed by atoms with van der Waals surface area (Å²) in [4.78, 5) is 23.8. The first-order valence-corrected chi connectivity index (χ1v) is 7.86. The normalized spacial score (nSPS) is 17.0. The average Bonchev–Trinajstić information content (AvgIpc) is 2.49. The first-order valence-electron chi connectivity index (χ1n) is 7.86. The van der Waals surface area contributed by atoms with Crippen LogP contribution in [-0.2, 0) is 16.0 Å². The predicted octanol–water partition coefficient (Wildman–Crippen LogP) is 2.88. The molecule has 0 radical (unpaired) electrons. The highest BCUT2D eigenvalue weighted by atomic mass is 16.2. The molecule has 0 bridgehead atoms. The molecule has 114 valence electrons. The lowest BCUT2D eigenvalue weighted by Gasteiger charge is -2.24. The predicted molar refractivity (Wildman–Crippen MR) is 84.0 cm³/mol. The molecule has 1 heterocycles. The van der Waals surface area contributed by atoms with Crippen molar-refractivity contribution in [2.75, 3.05) is 11.9 Å². The van der Waals surface area contributed by atoms with Crippen LogP contribution in [0, 0.1) is 5.92 Å². The highest BCUT2D eigenvalue weighted by Gasteiger charge is 2.25. The maximum Gasteiger partial charge on any atom is 0.227 e. The SMILES string of the molecule is CCCCCNC(=O)CC[C@@H]1Cc2ccccc2NC1=O. The Morgan fingerprint density at radius 3 is 2.95 bits per heavy atom. The van der Waals surface area contributed by atoms with E-state index in [1.807, 2.05) is 24.3 Å². The standard InChI is InChI=1S/C17H24N2O2/c1-2-3-6-11-18-16(20)10-9-14-12-13-7-4-5-8-15(13)19-17(14)21/h4-5,7-8,14H,2-3,6,9-12H2,1H3,(H,18,20)(H,19,21)/t14-/m1/s1. The van der Waals surface area contributed by atoms with Crippen molar-refractivity contribution >= 4 is 17.5 Å². The fourth-order valence-electron chi connectivity index (χ4n) is 2.64. The van der Waals surface area contributed by atoms with Crippen molar-refractivity contribution in [3.05, 3.63) is 29.8 Å². The highest BCUT2D eigenvalue weighted by Crippen LogP contribution is 2.27. The number of para-hydroxylation sites is 1. The highest BCUT2D eigenvalue weighted by molar-refractivity contribution is 5.96. The smallest absolute Gasteiger partial charge is 0.227 e. The van der Waals surface area contributed by atoms with Crippen LogP contribution in [0.4, 0.5) is 5.69 Å². The third kappa shape index (κ3) is 4.59. The summed E-state index contributed by atoms with van der Waals surface area (Å²) in [5, 5.41) is 5.84. The zero-order valence-electron chi connectivity index (χ0n) is 12.7. The van der Waals surface area contributed by atoms with Crippen molar-refractivity contribution < 1.29 is 9.59 Å². The summed E-state index contributed by atoms with van der Waals surface area (Å²) in [5.41, 5.74) is 2.06. The number of carbonyl (C=O) groups excluding carboxylic acids is 2. The number of hydrogen-bond acceptors (Lipinski definition) is 2. The van der Waals surface area contributed by atoms with Gasteiger partial charge in [-0.1, -0.05) is 38.0 Å². The van der Waals surface area contributed by atoms with Gasteiger partial charge >= 0.3 is 0 Å². The zero-order chi connectivity index (χ0) is 15.1. The van der Waals surface area contributed by atoms with E-state index in [4.69, 9.17) is 0 Å². The lowest BCUT2D eigenvalue weighted by Crippen LogP contribution is -2.32. The maximum absolute atomic E-state index is 12.0. The molecular weight excluding hydrogens is 264 g/mol. The van der Waals surface area contributed by atoms with E-state index in [1.54, 1.807) is 0 Å². The van der Waals surface area contributed by atoms with E-state index in [-0.39, 0.29) is 17.7 Å². The van der Waals surface area contributed by atoms with E-state index in [0.717, 1.165) is 43.5 Å². The van der Waals surface area contributed by atoms with Crippen LogP contribution in [0.5, 0.6) is 0 Å². The van der Waals surface area contributed by atoms with Gasteiger partial charge in [-0.2, -0.15) is 0 Å². The minimum Gasteiger partial charge on any atom is -0.356 e. The monoisotopic (exact) mass is 288 g/mol. The van der Waals surface area contributed by atoms with E-state index in [9.17, 15) is 9.59 Å². The third-order valence-corrected chi connectivity index (χ3v) is 3.93. The van der Waals surface area contributed by atoms with Crippen LogP contribution in [0.15, 0.2) is 24.3 Å². The molecule has 0 spiro atoms. The molecule has 1 aliphatic heterocycles. The summed E-state index contributed by atoms with van der Waals surface area (Å²) in [5.74, 6) is -0.00784. The molecule has 4 heteroatoms. The van der Waals surface area contributed by atoms with Crippen molar-refractivity contribution in [3.8, 4) is 0 Å². The molecule has 1 aromatic rings. The molecule has 2 N–H and O–H groups in total. The number of unbranched alkanes of at least 4 members (excludes halogenated alkanes) is 2. The molecule has 2 rings (SSSR count). The van der Waals surface area contributed by atoms with Crippen LogP contribution in [-0.4, -0.2) is 18.4 Å². The van der Waals surface area contributed by atoms with E-state index in [0.29, 0.717) is 12.8 Å². The quantitative estimate of drug-likeness (QED) is 0.758. The van der Waals surface area contributed by atoms with E-state index in [2.05, 4.69) is 17.6 Å². The first kappa shape index (κ1) is 15.5. The van der Waals surface area contributed by atoms with Crippen LogP contribution in [0.3, 0.4) is 0 Å². The second kappa shape index (κ2) is 7.81. The number of rotatable bonds is 7. The largest absolute Gasteiger partial charge is 0.356 e. The van der Waals surface area contributed by atoms with E-state index < -0.39 is 0 Å². The number of amides is 2. The number of anilines is 1. The van der Waals surface area contributed by atoms with Crippen LogP contribution < -0.4 is 10.6 Å². The summed E-state index contributed by atoms with van der Waals surface area (Å²) in [6, 6.07) is 7.85. The Hall–Kier alpha value is -1.84. The molecule has 0 saturated carbocycles. The summed E-state index contributed by atoms with van der Waals surface area (Å²) < 4.78 is 0. The Morgan fingerprint density at radius 2 is 2.14 bits per heavy atom. The summed E-state index contributed by atoms with van der Waals surface area (Å²) in [6.07, 6.45) is 5.08. The van der Waals surface area contributed by atoms with Crippen LogP contribution in [0.2, 0.25) is 0 Å². The van der Waals surface area contributed by atoms with Gasteiger partial charge in [0, 0.05) is 24.6 Å². The molecule has 1 aliphatic rings. The van der Waals surface area contributed by atoms with Gasteiger partial charge in [0.25, 0.3) is 0 Å². The van der Waals surface area contributed by atoms with Gasteiger partial charge in [0.2, 0.25) is 11.8 Å². The minimum absolute atomic E-state index is 0.0347. The van der Waals surface area contributed by atoms with Gasteiger partial charge in [0.15, 0.2) is 0 Å². The second-order valence-electron chi connectivity index (χ2n) is 5.64. The zero-order valence-corrected chi connectivity index (χ0v) is 12.7. The van der Waals surface area contributed by atoms with Gasteiger partial charge in [-0.15, -0.1) is 0 Å². The number of hydrogen-bond donors (Lipinski definition) is 2. The Balaban J connectivity index is 1.76. The molecule has 21 heavy (non-hydrogen) atoms. The van der Waals surface area contributed by atoms with Crippen molar-refractivity contribution in [1.29, 1.82) is 0 Å². The second-order valence-corrected chi connectivity index (χ2v) is 5.64. The number of carbonyl (C=O) groups is 2. The maximum atomic E-state index is 12.0. The van der Waals surface area contributed by atoms with Gasteiger partial charge in [-0.3, -0.25) is 9.59 Å². The van der Waals surface area contributed by atoms with Gasteiger partial charge in [-0.25, -0.2) is 0 Å². The Labute approximate surface area is 126 Å². The molecule has 1 atom stereocenters. The van der Waals surface area contributed by atoms with E-state index >= 15 is 0 Å². The summed E-state index contributed by atoms with van der Waals surface area (Å²) in [6.45, 7) is 2.88. The number of benzene rings is 1. The van der Waals surface area contributed by atoms with Crippen LogP contribution in [0.1, 0.15) is 44.6 Å². The summed E-state index contributed by atoms with van der Waals surface area (Å²) >= 11 is 0. The lowest BCUT2D eigenvalue weighted by molar-refractivity contribution is -0.122.